The van der Waals surface area contributed by atoms with E-state index in [0.717, 1.165) is 18.4 Å². The zero-order valence-electron chi connectivity index (χ0n) is 31.3. The molecule has 1 unspecified atom stereocenters. The molecule has 0 saturated carbocycles. The van der Waals surface area contributed by atoms with Gasteiger partial charge in [-0.05, 0) is 103 Å². The molecule has 14 heteroatoms. The van der Waals surface area contributed by atoms with Gasteiger partial charge < -0.3 is 19.5 Å². The maximum absolute atomic E-state index is 13.8. The normalized spacial score (nSPS) is 12.9. The van der Waals surface area contributed by atoms with Gasteiger partial charge in [-0.15, -0.1) is 0 Å². The number of amides is 1. The summed E-state index contributed by atoms with van der Waals surface area (Å²) < 4.78 is 72.9. The number of carbonyl (C=O) groups excluding carboxylic acids is 2. The first kappa shape index (κ1) is 41.8. The van der Waals surface area contributed by atoms with E-state index < -0.39 is 42.0 Å². The van der Waals surface area contributed by atoms with Gasteiger partial charge >= 0.3 is 5.06 Å². The Morgan fingerprint density at radius 2 is 1.20 bits per heavy atom. The minimum Gasteiger partial charge on any atom is -0.494 e. The minimum atomic E-state index is -4.02. The van der Waals surface area contributed by atoms with Crippen molar-refractivity contribution in [3.8, 4) is 17.2 Å². The lowest BCUT2D eigenvalue weighted by atomic mass is 9.86. The molecule has 5 aromatic carbocycles. The van der Waals surface area contributed by atoms with Gasteiger partial charge in [-0.2, -0.15) is 0 Å². The van der Waals surface area contributed by atoms with Gasteiger partial charge in [-0.25, -0.2) is 16.8 Å². The summed E-state index contributed by atoms with van der Waals surface area (Å²) in [5, 5.41) is -0.0473. The van der Waals surface area contributed by atoms with Gasteiger partial charge in [0.25, 0.3) is 15.9 Å². The Kier molecular flexibility index (Phi) is 13.1. The maximum Gasteiger partial charge on any atom is 0.320 e. The molecule has 0 bridgehead atoms. The molecule has 0 radical (unpaired) electrons. The lowest BCUT2D eigenvalue weighted by molar-refractivity contribution is -0.144. The molecule has 0 aliphatic carbocycles. The van der Waals surface area contributed by atoms with Crippen LogP contribution >= 0.6 is 11.6 Å². The number of alkyl halides is 1. The molecule has 2 N–H and O–H groups in total. The number of unbranched alkanes of at least 4 members (excludes halogenated alkanes) is 1. The zero-order valence-corrected chi connectivity index (χ0v) is 33.7. The van der Waals surface area contributed by atoms with Crippen molar-refractivity contribution in [1.29, 1.82) is 0 Å². The topological polar surface area (TPSA) is 154 Å². The van der Waals surface area contributed by atoms with Crippen LogP contribution in [0.2, 0.25) is 0 Å². The fourth-order valence-corrected chi connectivity index (χ4v) is 7.99. The van der Waals surface area contributed by atoms with Crippen LogP contribution in [0.5, 0.6) is 17.2 Å². The van der Waals surface area contributed by atoms with Crippen molar-refractivity contribution in [2.24, 2.45) is 5.41 Å². The van der Waals surface area contributed by atoms with E-state index in [1.165, 1.54) is 72.8 Å². The Hall–Kier alpha value is -5.37. The average Bonchev–Trinajstić information content (AvgIpc) is 3.17. The number of sulfonamides is 1. The standard InChI is InChI=1S/C42H43ClN2O9S2/c1-5-6-27-52-33-17-25-38(26-18-33)56(50,51)45-32-14-10-13-31(28-32)44-40(47)42(43,39(46)41(2,3)4)54-35-19-23-37(24-20-35)55(48,49)36-21-15-34(16-22-36)53-29-30-11-8-7-9-12-30/h7-26,28,45H,5-6,27,29H2,1-4H3,(H,44,47). The van der Waals surface area contributed by atoms with E-state index in [1.807, 2.05) is 37.3 Å². The van der Waals surface area contributed by atoms with Gasteiger partial charge in [0.05, 0.1) is 27.0 Å². The van der Waals surface area contributed by atoms with E-state index in [4.69, 9.17) is 25.8 Å². The lowest BCUT2D eigenvalue weighted by Crippen LogP contribution is -2.54. The molecule has 0 aromatic heterocycles. The third-order valence-corrected chi connectivity index (χ3v) is 11.9. The van der Waals surface area contributed by atoms with Gasteiger partial charge in [0.1, 0.15) is 23.9 Å². The number of carbonyl (C=O) groups is 2. The van der Waals surface area contributed by atoms with Gasteiger partial charge in [-0.1, -0.05) is 82.1 Å². The van der Waals surface area contributed by atoms with Crippen LogP contribution in [0.15, 0.2) is 142 Å². The molecule has 56 heavy (non-hydrogen) atoms. The highest BCUT2D eigenvalue weighted by molar-refractivity contribution is 7.92. The summed E-state index contributed by atoms with van der Waals surface area (Å²) in [6, 6.07) is 32.6. The molecular weight excluding hydrogens is 776 g/mol. The number of nitrogens with one attached hydrogen (secondary N) is 2. The van der Waals surface area contributed by atoms with Crippen molar-refractivity contribution < 1.29 is 40.6 Å². The predicted octanol–water partition coefficient (Wildman–Crippen LogP) is 8.65. The fraction of sp³-hybridized carbons (Fsp3) is 0.238. The summed E-state index contributed by atoms with van der Waals surface area (Å²) in [6.07, 6.45) is 1.84. The van der Waals surface area contributed by atoms with Crippen molar-refractivity contribution in [2.75, 3.05) is 16.6 Å². The first-order chi connectivity index (χ1) is 26.5. The number of Topliss-reactive ketones (excluding diaryl/α,β-unsaturated/α-hetero) is 1. The number of ketones is 1. The molecule has 1 amide bonds. The fourth-order valence-electron chi connectivity index (χ4n) is 5.25. The first-order valence-corrected chi connectivity index (χ1v) is 21.1. The SMILES string of the molecule is CCCCOc1ccc(S(=O)(=O)Nc2cccc(NC(=O)C(Cl)(Oc3ccc(S(=O)(=O)c4ccc(OCc5ccccc5)cc4)cc3)C(=O)C(C)(C)C)c2)cc1. The largest absolute Gasteiger partial charge is 0.494 e. The second-order valence-electron chi connectivity index (χ2n) is 13.8. The number of ether oxygens (including phenoxy) is 3. The molecule has 0 spiro atoms. The highest BCUT2D eigenvalue weighted by Crippen LogP contribution is 2.34. The number of sulfone groups is 1. The number of hydrogen-bond acceptors (Lipinski definition) is 9. The monoisotopic (exact) mass is 818 g/mol. The molecule has 5 aromatic rings. The van der Waals surface area contributed by atoms with Gasteiger partial charge in [-0.3, -0.25) is 14.3 Å². The van der Waals surface area contributed by atoms with E-state index in [1.54, 1.807) is 45.0 Å². The van der Waals surface area contributed by atoms with Crippen molar-refractivity contribution in [2.45, 2.75) is 66.9 Å². The Bertz CT molecular complexity index is 2350. The molecule has 294 valence electrons. The molecular formula is C42H43ClN2O9S2. The Balaban J connectivity index is 1.29. The van der Waals surface area contributed by atoms with Crippen LogP contribution in [0.1, 0.15) is 46.1 Å². The van der Waals surface area contributed by atoms with E-state index in [0.29, 0.717) is 24.7 Å². The molecule has 11 nitrogen and oxygen atoms in total. The number of anilines is 2. The Morgan fingerprint density at radius 3 is 1.77 bits per heavy atom. The molecule has 0 heterocycles. The zero-order chi connectivity index (χ0) is 40.6. The average molecular weight is 819 g/mol. The number of benzene rings is 5. The third-order valence-electron chi connectivity index (χ3n) is 8.31. The van der Waals surface area contributed by atoms with Crippen LogP contribution in [0.25, 0.3) is 0 Å². The van der Waals surface area contributed by atoms with E-state index in [2.05, 4.69) is 10.0 Å². The van der Waals surface area contributed by atoms with Gasteiger partial charge in [0.15, 0.2) is 0 Å². The molecule has 1 atom stereocenters. The lowest BCUT2D eigenvalue weighted by Gasteiger charge is -2.31. The molecule has 0 aliphatic heterocycles. The second-order valence-corrected chi connectivity index (χ2v) is 18.0. The van der Waals surface area contributed by atoms with E-state index >= 15 is 0 Å². The van der Waals surface area contributed by atoms with Gasteiger partial charge in [0, 0.05) is 11.1 Å². The van der Waals surface area contributed by atoms with Gasteiger partial charge in [0.2, 0.25) is 15.6 Å². The summed E-state index contributed by atoms with van der Waals surface area (Å²) in [4.78, 5) is 27.4. The second kappa shape index (κ2) is 17.6. The van der Waals surface area contributed by atoms with Crippen molar-refractivity contribution in [1.82, 2.24) is 0 Å². The number of rotatable bonds is 17. The highest BCUT2D eigenvalue weighted by Gasteiger charge is 2.51. The van der Waals surface area contributed by atoms with Crippen LogP contribution in [0.3, 0.4) is 0 Å². The van der Waals surface area contributed by atoms with E-state index in [9.17, 15) is 26.4 Å². The van der Waals surface area contributed by atoms with Crippen molar-refractivity contribution in [3.05, 3.63) is 133 Å². The third kappa shape index (κ3) is 10.5. The first-order valence-electron chi connectivity index (χ1n) is 17.7. The number of halogens is 1. The quantitative estimate of drug-likeness (QED) is 0.0533. The number of hydrogen-bond donors (Lipinski definition) is 2. The molecule has 0 saturated heterocycles. The minimum absolute atomic E-state index is 0.000385. The smallest absolute Gasteiger partial charge is 0.320 e. The predicted molar refractivity (Wildman–Crippen MR) is 216 cm³/mol. The van der Waals surface area contributed by atoms with Crippen LogP contribution in [-0.2, 0) is 36.1 Å². The molecule has 5 rings (SSSR count). The molecule has 0 aliphatic rings. The van der Waals surface area contributed by atoms with Crippen LogP contribution in [-0.4, -0.2) is 40.2 Å². The summed E-state index contributed by atoms with van der Waals surface area (Å²) in [7, 11) is -7.99. The summed E-state index contributed by atoms with van der Waals surface area (Å²) >= 11 is 6.76. The van der Waals surface area contributed by atoms with E-state index in [-0.39, 0.29) is 31.8 Å². The Morgan fingerprint density at radius 1 is 0.661 bits per heavy atom. The summed E-state index contributed by atoms with van der Waals surface area (Å²) in [6.45, 7) is 7.59. The maximum atomic E-state index is 13.8. The summed E-state index contributed by atoms with van der Waals surface area (Å²) in [5.74, 6) is -0.843. The van der Waals surface area contributed by atoms with Crippen LogP contribution in [0.4, 0.5) is 11.4 Å². The van der Waals surface area contributed by atoms with Crippen molar-refractivity contribution >= 4 is 54.5 Å². The Labute approximate surface area is 332 Å². The summed E-state index contributed by atoms with van der Waals surface area (Å²) in [5.41, 5.74) is 0.0484. The molecule has 0 fully saturated rings. The van der Waals surface area contributed by atoms with Crippen LogP contribution < -0.4 is 24.2 Å². The van der Waals surface area contributed by atoms with Crippen LogP contribution in [0, 0.1) is 5.41 Å². The highest BCUT2D eigenvalue weighted by atomic mass is 35.5. The van der Waals surface area contributed by atoms with Crippen molar-refractivity contribution in [3.63, 3.8) is 0 Å².